The molecular weight excluding hydrogens is 364 g/mol. The predicted molar refractivity (Wildman–Crippen MR) is 102 cm³/mol. The topological polar surface area (TPSA) is 79.8 Å². The van der Waals surface area contributed by atoms with Gasteiger partial charge in [0.2, 0.25) is 5.95 Å². The number of hydrogen-bond donors (Lipinski definition) is 0. The average molecular weight is 382 g/mol. The Morgan fingerprint density at radius 3 is 2.78 bits per heavy atom. The lowest BCUT2D eigenvalue weighted by Crippen LogP contribution is -2.49. The second-order valence-electron chi connectivity index (χ2n) is 6.63. The summed E-state index contributed by atoms with van der Waals surface area (Å²) >= 11 is 1.68. The smallest absolute Gasteiger partial charge is 0.289 e. The van der Waals surface area contributed by atoms with Gasteiger partial charge < -0.3 is 14.2 Å². The Bertz CT molecular complexity index is 1140. The van der Waals surface area contributed by atoms with Crippen molar-refractivity contribution in [1.82, 2.24) is 24.5 Å². The minimum atomic E-state index is -0.0709. The van der Waals surface area contributed by atoms with Crippen LogP contribution in [0, 0.1) is 13.8 Å². The SMILES string of the molecule is Cc1sc2nc(N3CCN(C(=O)c4ccco4)CC3)n3ncnc3c2c1C. The quantitative estimate of drug-likeness (QED) is 0.530. The molecule has 0 spiro atoms. The van der Waals surface area contributed by atoms with Gasteiger partial charge in [-0.05, 0) is 31.5 Å². The van der Waals surface area contributed by atoms with Gasteiger partial charge in [0.1, 0.15) is 11.2 Å². The van der Waals surface area contributed by atoms with E-state index in [2.05, 4.69) is 28.8 Å². The summed E-state index contributed by atoms with van der Waals surface area (Å²) in [4.78, 5) is 28.0. The highest BCUT2D eigenvalue weighted by Gasteiger charge is 2.27. The lowest BCUT2D eigenvalue weighted by atomic mass is 10.2. The van der Waals surface area contributed by atoms with Crippen LogP contribution in [0.25, 0.3) is 15.9 Å². The molecule has 4 aromatic rings. The van der Waals surface area contributed by atoms with Gasteiger partial charge in [-0.15, -0.1) is 11.3 Å². The van der Waals surface area contributed by atoms with E-state index in [4.69, 9.17) is 9.40 Å². The lowest BCUT2D eigenvalue weighted by molar-refractivity contribution is 0.0714. The van der Waals surface area contributed by atoms with E-state index >= 15 is 0 Å². The van der Waals surface area contributed by atoms with Crippen LogP contribution < -0.4 is 4.90 Å². The Labute approximate surface area is 159 Å². The highest BCUT2D eigenvalue weighted by Crippen LogP contribution is 2.33. The zero-order valence-electron chi connectivity index (χ0n) is 15.0. The molecule has 0 saturated carbocycles. The van der Waals surface area contributed by atoms with E-state index in [0.29, 0.717) is 31.9 Å². The number of amides is 1. The van der Waals surface area contributed by atoms with Gasteiger partial charge in [0.25, 0.3) is 5.91 Å². The summed E-state index contributed by atoms with van der Waals surface area (Å²) in [5.41, 5.74) is 2.05. The number of hydrogen-bond acceptors (Lipinski definition) is 7. The minimum absolute atomic E-state index is 0.0709. The second-order valence-corrected chi connectivity index (χ2v) is 7.83. The fraction of sp³-hybridized carbons (Fsp3) is 0.333. The molecular formula is C18H18N6O2S. The van der Waals surface area contributed by atoms with Crippen molar-refractivity contribution in [1.29, 1.82) is 0 Å². The minimum Gasteiger partial charge on any atom is -0.459 e. The van der Waals surface area contributed by atoms with Crippen LogP contribution in [0.2, 0.25) is 0 Å². The Morgan fingerprint density at radius 1 is 1.22 bits per heavy atom. The number of thiophene rings is 1. The molecule has 5 rings (SSSR count). The van der Waals surface area contributed by atoms with Gasteiger partial charge >= 0.3 is 0 Å². The first-order chi connectivity index (χ1) is 13.1. The van der Waals surface area contributed by atoms with Crippen LogP contribution in [-0.4, -0.2) is 56.6 Å². The molecule has 1 fully saturated rings. The van der Waals surface area contributed by atoms with Crippen LogP contribution in [0.5, 0.6) is 0 Å². The molecule has 0 aliphatic carbocycles. The average Bonchev–Trinajstić information content (AvgIpc) is 3.42. The molecule has 9 heteroatoms. The van der Waals surface area contributed by atoms with Gasteiger partial charge in [0.05, 0.1) is 11.6 Å². The summed E-state index contributed by atoms with van der Waals surface area (Å²) in [7, 11) is 0. The first-order valence-corrected chi connectivity index (χ1v) is 9.62. The predicted octanol–water partition coefficient (Wildman–Crippen LogP) is 2.51. The van der Waals surface area contributed by atoms with Crippen molar-refractivity contribution >= 4 is 39.1 Å². The summed E-state index contributed by atoms with van der Waals surface area (Å²) in [6.45, 7) is 6.79. The molecule has 8 nitrogen and oxygen atoms in total. The molecule has 0 unspecified atom stereocenters. The van der Waals surface area contributed by atoms with Gasteiger partial charge in [-0.1, -0.05) is 0 Å². The largest absolute Gasteiger partial charge is 0.459 e. The molecule has 138 valence electrons. The standard InChI is InChI=1S/C18H18N6O2S/c1-11-12(2)27-16-14(11)15-19-10-20-24(15)18(21-16)23-7-5-22(6-8-23)17(25)13-4-3-9-26-13/h3-4,9-10H,5-8H2,1-2H3. The number of carbonyl (C=O) groups excluding carboxylic acids is 1. The van der Waals surface area contributed by atoms with Crippen LogP contribution in [0.1, 0.15) is 21.0 Å². The van der Waals surface area contributed by atoms with Crippen LogP contribution in [-0.2, 0) is 0 Å². The van der Waals surface area contributed by atoms with Crippen molar-refractivity contribution in [3.05, 3.63) is 40.9 Å². The molecule has 5 heterocycles. The van der Waals surface area contributed by atoms with Gasteiger partial charge in [0.15, 0.2) is 11.4 Å². The van der Waals surface area contributed by atoms with Gasteiger partial charge in [-0.3, -0.25) is 4.79 Å². The monoisotopic (exact) mass is 382 g/mol. The number of carbonyl (C=O) groups is 1. The molecule has 0 N–H and O–H groups in total. The van der Waals surface area contributed by atoms with Crippen molar-refractivity contribution < 1.29 is 9.21 Å². The lowest BCUT2D eigenvalue weighted by Gasteiger charge is -2.34. The number of aromatic nitrogens is 4. The molecule has 0 bridgehead atoms. The van der Waals surface area contributed by atoms with E-state index in [9.17, 15) is 4.79 Å². The van der Waals surface area contributed by atoms with Crippen LogP contribution >= 0.6 is 11.3 Å². The second kappa shape index (κ2) is 6.05. The van der Waals surface area contributed by atoms with Crippen molar-refractivity contribution in [2.45, 2.75) is 13.8 Å². The highest BCUT2D eigenvalue weighted by atomic mass is 32.1. The van der Waals surface area contributed by atoms with Crippen molar-refractivity contribution in [3.63, 3.8) is 0 Å². The highest BCUT2D eigenvalue weighted by molar-refractivity contribution is 7.18. The van der Waals surface area contributed by atoms with E-state index in [0.717, 1.165) is 21.8 Å². The fourth-order valence-corrected chi connectivity index (χ4v) is 4.54. The summed E-state index contributed by atoms with van der Waals surface area (Å²) in [5, 5.41) is 5.47. The third-order valence-electron chi connectivity index (χ3n) is 5.11. The Balaban J connectivity index is 1.46. The number of fused-ring (bicyclic) bond motifs is 3. The number of aryl methyl sites for hydroxylation is 2. The van der Waals surface area contributed by atoms with E-state index in [1.54, 1.807) is 29.8 Å². The van der Waals surface area contributed by atoms with E-state index in [1.165, 1.54) is 16.7 Å². The summed E-state index contributed by atoms with van der Waals surface area (Å²) in [5.74, 6) is 1.09. The summed E-state index contributed by atoms with van der Waals surface area (Å²) in [6.07, 6.45) is 3.10. The van der Waals surface area contributed by atoms with E-state index < -0.39 is 0 Å². The number of furan rings is 1. The number of anilines is 1. The molecule has 27 heavy (non-hydrogen) atoms. The molecule has 1 aliphatic rings. The molecule has 1 saturated heterocycles. The van der Waals surface area contributed by atoms with Crippen molar-refractivity contribution in [2.75, 3.05) is 31.1 Å². The Morgan fingerprint density at radius 2 is 2.04 bits per heavy atom. The fourth-order valence-electron chi connectivity index (χ4n) is 3.52. The Hall–Kier alpha value is -2.94. The van der Waals surface area contributed by atoms with E-state index in [1.807, 2.05) is 9.42 Å². The number of piperazine rings is 1. The number of nitrogens with zero attached hydrogens (tertiary/aromatic N) is 6. The maximum absolute atomic E-state index is 12.5. The van der Waals surface area contributed by atoms with Gasteiger partial charge in [-0.25, -0.2) is 9.97 Å². The van der Waals surface area contributed by atoms with Gasteiger partial charge in [-0.2, -0.15) is 9.61 Å². The first-order valence-electron chi connectivity index (χ1n) is 8.80. The summed E-state index contributed by atoms with van der Waals surface area (Å²) < 4.78 is 7.04. The van der Waals surface area contributed by atoms with E-state index in [-0.39, 0.29) is 5.91 Å². The van der Waals surface area contributed by atoms with Crippen LogP contribution in [0.3, 0.4) is 0 Å². The van der Waals surface area contributed by atoms with Crippen LogP contribution in [0.15, 0.2) is 29.1 Å². The molecule has 0 atom stereocenters. The normalized spacial score (nSPS) is 15.2. The van der Waals surface area contributed by atoms with Crippen LogP contribution in [0.4, 0.5) is 5.95 Å². The first kappa shape index (κ1) is 16.2. The zero-order chi connectivity index (χ0) is 18.5. The summed E-state index contributed by atoms with van der Waals surface area (Å²) in [6, 6.07) is 3.43. The molecule has 4 aromatic heterocycles. The van der Waals surface area contributed by atoms with Crippen molar-refractivity contribution in [2.24, 2.45) is 0 Å². The van der Waals surface area contributed by atoms with Gasteiger partial charge in [0, 0.05) is 31.1 Å². The van der Waals surface area contributed by atoms with Crippen molar-refractivity contribution in [3.8, 4) is 0 Å². The third-order valence-corrected chi connectivity index (χ3v) is 6.21. The molecule has 1 amide bonds. The molecule has 1 aliphatic heterocycles. The molecule has 0 radical (unpaired) electrons. The zero-order valence-corrected chi connectivity index (χ0v) is 15.9. The maximum Gasteiger partial charge on any atom is 0.289 e. The maximum atomic E-state index is 12.5. The molecule has 0 aromatic carbocycles. The Kier molecular flexibility index (Phi) is 3.64. The third kappa shape index (κ3) is 2.49. The number of rotatable bonds is 2.